The summed E-state index contributed by atoms with van der Waals surface area (Å²) in [5, 5.41) is 0. The number of ether oxygens (including phenoxy) is 1. The van der Waals surface area contributed by atoms with Gasteiger partial charge in [-0.15, -0.1) is 0 Å². The number of carbonyl (C=O) groups excluding carboxylic acids is 1. The van der Waals surface area contributed by atoms with E-state index in [1.54, 1.807) is 0 Å². The van der Waals surface area contributed by atoms with Gasteiger partial charge in [0.1, 0.15) is 11.5 Å². The molecule has 1 fully saturated rings. The van der Waals surface area contributed by atoms with Crippen LogP contribution < -0.4 is 0 Å². The molecule has 0 aromatic carbocycles. The first-order valence-electron chi connectivity index (χ1n) is 8.56. The van der Waals surface area contributed by atoms with Gasteiger partial charge in [0.2, 0.25) is 0 Å². The predicted molar refractivity (Wildman–Crippen MR) is 96.0 cm³/mol. The van der Waals surface area contributed by atoms with Crippen molar-refractivity contribution in [1.82, 2.24) is 0 Å². The zero-order chi connectivity index (χ0) is 17.6. The quantitative estimate of drug-likeness (QED) is 0.336. The third-order valence-electron chi connectivity index (χ3n) is 3.45. The van der Waals surface area contributed by atoms with Gasteiger partial charge in [-0.1, -0.05) is 39.5 Å². The van der Waals surface area contributed by atoms with Gasteiger partial charge in [-0.05, 0) is 23.7 Å². The van der Waals surface area contributed by atoms with Crippen molar-refractivity contribution in [1.29, 1.82) is 0 Å². The molecule has 0 atom stereocenters. The van der Waals surface area contributed by atoms with Crippen LogP contribution in [0.25, 0.3) is 0 Å². The standard InChI is InChI=1S/C12H23O2S.C4H10O3S/c1-2-3-4-5-6-12(13)11-15-9-7-14-8-10-15;1-2-3-4-8(5,6)7/h2-11H2,1H3;2-4H2,1H3,(H,5,6,7)/q+1;/p-1. The SMILES string of the molecule is CCCCCCC(=O)C[S+]1CCOCC1.CCCCS(=O)(=O)[O-]. The summed E-state index contributed by atoms with van der Waals surface area (Å²) >= 11 is 0. The average molecular weight is 369 g/mol. The van der Waals surface area contributed by atoms with Crippen molar-refractivity contribution in [2.75, 3.05) is 36.2 Å². The van der Waals surface area contributed by atoms with Gasteiger partial charge in [0.05, 0.1) is 23.3 Å². The summed E-state index contributed by atoms with van der Waals surface area (Å²) in [7, 11) is -3.59. The summed E-state index contributed by atoms with van der Waals surface area (Å²) in [6, 6.07) is 0. The lowest BCUT2D eigenvalue weighted by molar-refractivity contribution is -0.116. The van der Waals surface area contributed by atoms with Crippen molar-refractivity contribution in [3.05, 3.63) is 0 Å². The lowest BCUT2D eigenvalue weighted by Gasteiger charge is -2.13. The molecule has 1 aliphatic rings. The van der Waals surface area contributed by atoms with Crippen LogP contribution in [0, 0.1) is 0 Å². The summed E-state index contributed by atoms with van der Waals surface area (Å²) in [5.74, 6) is 3.32. The van der Waals surface area contributed by atoms with Gasteiger partial charge in [0.25, 0.3) is 0 Å². The van der Waals surface area contributed by atoms with Gasteiger partial charge >= 0.3 is 0 Å². The number of rotatable bonds is 10. The van der Waals surface area contributed by atoms with Gasteiger partial charge in [-0.2, -0.15) is 0 Å². The summed E-state index contributed by atoms with van der Waals surface area (Å²) in [5.41, 5.74) is 0. The molecule has 1 rings (SSSR count). The predicted octanol–water partition coefficient (Wildman–Crippen LogP) is 2.51. The van der Waals surface area contributed by atoms with Crippen LogP contribution in [0.4, 0.5) is 0 Å². The third-order valence-corrected chi connectivity index (χ3v) is 6.46. The van der Waals surface area contributed by atoms with E-state index in [-0.39, 0.29) is 5.75 Å². The zero-order valence-corrected chi connectivity index (χ0v) is 16.2. The fourth-order valence-corrected chi connectivity index (χ4v) is 4.51. The van der Waals surface area contributed by atoms with E-state index < -0.39 is 10.1 Å². The number of Topliss-reactive ketones (excluding diaryl/α,β-unsaturated/α-hetero) is 1. The average Bonchev–Trinajstić information content (AvgIpc) is 2.50. The van der Waals surface area contributed by atoms with E-state index in [0.29, 0.717) is 23.1 Å². The molecule has 1 saturated heterocycles. The summed E-state index contributed by atoms with van der Waals surface area (Å²) in [4.78, 5) is 11.6. The number of ketones is 1. The summed E-state index contributed by atoms with van der Waals surface area (Å²) < 4.78 is 34.8. The Balaban J connectivity index is 0.000000515. The maximum absolute atomic E-state index is 11.6. The second-order valence-corrected chi connectivity index (χ2v) is 9.60. The second kappa shape index (κ2) is 14.3. The van der Waals surface area contributed by atoms with Crippen LogP contribution in [-0.4, -0.2) is 55.0 Å². The van der Waals surface area contributed by atoms with E-state index in [4.69, 9.17) is 4.74 Å². The third kappa shape index (κ3) is 16.5. The van der Waals surface area contributed by atoms with Crippen molar-refractivity contribution < 1.29 is 22.5 Å². The highest BCUT2D eigenvalue weighted by Gasteiger charge is 2.24. The van der Waals surface area contributed by atoms with Crippen LogP contribution >= 0.6 is 0 Å². The summed E-state index contributed by atoms with van der Waals surface area (Å²) in [6.45, 7) is 5.77. The highest BCUT2D eigenvalue weighted by Crippen LogP contribution is 2.08. The van der Waals surface area contributed by atoms with Crippen LogP contribution in [0.3, 0.4) is 0 Å². The van der Waals surface area contributed by atoms with E-state index in [2.05, 4.69) is 6.92 Å². The Bertz CT molecular complexity index is 389. The van der Waals surface area contributed by atoms with Crippen LogP contribution in [0.15, 0.2) is 0 Å². The van der Waals surface area contributed by atoms with Gasteiger partial charge in [-0.25, -0.2) is 8.42 Å². The molecule has 0 saturated carbocycles. The maximum Gasteiger partial charge on any atom is 0.181 e. The van der Waals surface area contributed by atoms with Gasteiger partial charge in [0, 0.05) is 12.2 Å². The molecule has 7 heteroatoms. The normalized spacial score (nSPS) is 15.8. The molecular weight excluding hydrogens is 336 g/mol. The number of hydrogen-bond donors (Lipinski definition) is 0. The van der Waals surface area contributed by atoms with E-state index >= 15 is 0 Å². The van der Waals surface area contributed by atoms with E-state index in [1.807, 2.05) is 6.92 Å². The smallest absolute Gasteiger partial charge is 0.181 e. The molecule has 0 aromatic rings. The van der Waals surface area contributed by atoms with E-state index in [1.165, 1.54) is 19.3 Å². The van der Waals surface area contributed by atoms with Crippen LogP contribution in [0.5, 0.6) is 0 Å². The first-order valence-corrected chi connectivity index (χ1v) is 11.9. The molecule has 5 nitrogen and oxygen atoms in total. The minimum absolute atomic E-state index is 0.219. The van der Waals surface area contributed by atoms with Gasteiger partial charge in [0.15, 0.2) is 11.5 Å². The molecule has 0 aliphatic carbocycles. The number of hydrogen-bond acceptors (Lipinski definition) is 5. The molecule has 0 unspecified atom stereocenters. The molecule has 0 N–H and O–H groups in total. The Labute approximate surface area is 144 Å². The van der Waals surface area contributed by atoms with Crippen molar-refractivity contribution in [2.45, 2.75) is 58.8 Å². The fourth-order valence-electron chi connectivity index (χ4n) is 2.07. The van der Waals surface area contributed by atoms with Crippen LogP contribution in [-0.2, 0) is 30.5 Å². The monoisotopic (exact) mass is 368 g/mol. The molecular formula is C16H32O5S2. The maximum atomic E-state index is 11.6. The topological polar surface area (TPSA) is 83.5 Å². The highest BCUT2D eigenvalue weighted by molar-refractivity contribution is 7.97. The molecule has 0 aromatic heterocycles. The second-order valence-electron chi connectivity index (χ2n) is 5.74. The molecule has 138 valence electrons. The minimum Gasteiger partial charge on any atom is -0.748 e. The van der Waals surface area contributed by atoms with Gasteiger partial charge in [-0.3, -0.25) is 4.79 Å². The summed E-state index contributed by atoms with van der Waals surface area (Å²) in [6.07, 6.45) is 6.87. The lowest BCUT2D eigenvalue weighted by Crippen LogP contribution is -2.31. The van der Waals surface area contributed by atoms with Crippen molar-refractivity contribution >= 4 is 26.8 Å². The van der Waals surface area contributed by atoms with Crippen molar-refractivity contribution in [2.24, 2.45) is 0 Å². The molecule has 1 heterocycles. The lowest BCUT2D eigenvalue weighted by atomic mass is 10.1. The van der Waals surface area contributed by atoms with E-state index in [0.717, 1.165) is 49.7 Å². The number of carbonyl (C=O) groups is 1. The Morgan fingerprint density at radius 2 is 1.65 bits per heavy atom. The van der Waals surface area contributed by atoms with Crippen LogP contribution in [0.2, 0.25) is 0 Å². The first kappa shape index (κ1) is 22.9. The van der Waals surface area contributed by atoms with Crippen molar-refractivity contribution in [3.8, 4) is 0 Å². The Kier molecular flexibility index (Phi) is 14.2. The van der Waals surface area contributed by atoms with E-state index in [9.17, 15) is 17.8 Å². The number of unbranched alkanes of at least 4 members (excludes halogenated alkanes) is 4. The first-order chi connectivity index (χ1) is 10.9. The molecule has 0 amide bonds. The van der Waals surface area contributed by atoms with Gasteiger partial charge < -0.3 is 9.29 Å². The molecule has 0 radical (unpaired) electrons. The largest absolute Gasteiger partial charge is 0.748 e. The molecule has 23 heavy (non-hydrogen) atoms. The minimum atomic E-state index is -3.94. The van der Waals surface area contributed by atoms with Crippen LogP contribution in [0.1, 0.15) is 58.8 Å². The molecule has 0 bridgehead atoms. The Morgan fingerprint density at radius 3 is 2.13 bits per heavy atom. The van der Waals surface area contributed by atoms with Crippen molar-refractivity contribution in [3.63, 3.8) is 0 Å². The Morgan fingerprint density at radius 1 is 1.04 bits per heavy atom. The fraction of sp³-hybridized carbons (Fsp3) is 0.938. The molecule has 1 aliphatic heterocycles. The zero-order valence-electron chi connectivity index (χ0n) is 14.6. The highest BCUT2D eigenvalue weighted by atomic mass is 32.2. The molecule has 0 spiro atoms. The Hall–Kier alpha value is -0.110.